The fraction of sp³-hybridized carbons (Fsp3) is 0.200. The first-order valence-corrected chi connectivity index (χ1v) is 6.49. The maximum absolute atomic E-state index is 4.12. The average molecular weight is 286 g/mol. The third-order valence-electron chi connectivity index (χ3n) is 3.49. The molecule has 2 rings (SSSR count). The van der Waals surface area contributed by atoms with Gasteiger partial charge in [-0.3, -0.25) is 0 Å². The summed E-state index contributed by atoms with van der Waals surface area (Å²) < 4.78 is 1.13. The highest BCUT2D eigenvalue weighted by Gasteiger charge is 2.10. The Morgan fingerprint density at radius 3 is 2.18 bits per heavy atom. The molecule has 0 heterocycles. The summed E-state index contributed by atoms with van der Waals surface area (Å²) in [6.45, 7) is 6.48. The standard InChI is InChI=1S/C15H15BBr/c1-9-10(2)13(8-14(16)11(9)3)12-6-4-5-7-15(12)17/h4-8,16H,1-3H3. The topological polar surface area (TPSA) is 0 Å². The summed E-state index contributed by atoms with van der Waals surface area (Å²) in [6.07, 6.45) is 0. The van der Waals surface area contributed by atoms with Gasteiger partial charge in [-0.15, -0.1) is 0 Å². The Balaban J connectivity index is 2.73. The van der Waals surface area contributed by atoms with E-state index in [-0.39, 0.29) is 0 Å². The van der Waals surface area contributed by atoms with Crippen LogP contribution in [0.2, 0.25) is 0 Å². The summed E-state index contributed by atoms with van der Waals surface area (Å²) in [4.78, 5) is 0. The summed E-state index contributed by atoms with van der Waals surface area (Å²) in [5, 5.41) is 0. The van der Waals surface area contributed by atoms with Crippen molar-refractivity contribution in [2.45, 2.75) is 20.8 Å². The first kappa shape index (κ1) is 12.4. The van der Waals surface area contributed by atoms with E-state index in [1.54, 1.807) is 0 Å². The lowest BCUT2D eigenvalue weighted by atomic mass is 9.83. The number of benzene rings is 2. The van der Waals surface area contributed by atoms with E-state index in [4.69, 9.17) is 0 Å². The fourth-order valence-corrected chi connectivity index (χ4v) is 2.57. The quantitative estimate of drug-likeness (QED) is 0.703. The third kappa shape index (κ3) is 2.19. The molecule has 2 aromatic carbocycles. The largest absolute Gasteiger partial charge is 0.129 e. The van der Waals surface area contributed by atoms with E-state index < -0.39 is 0 Å². The second-order valence-electron chi connectivity index (χ2n) is 4.44. The fourth-order valence-electron chi connectivity index (χ4n) is 2.07. The van der Waals surface area contributed by atoms with Crippen LogP contribution >= 0.6 is 15.9 Å². The number of hydrogen-bond donors (Lipinski definition) is 0. The van der Waals surface area contributed by atoms with Crippen molar-refractivity contribution in [3.63, 3.8) is 0 Å². The van der Waals surface area contributed by atoms with Gasteiger partial charge in [-0.2, -0.15) is 0 Å². The lowest BCUT2D eigenvalue weighted by Crippen LogP contribution is -2.11. The van der Waals surface area contributed by atoms with Crippen molar-refractivity contribution in [1.29, 1.82) is 0 Å². The smallest absolute Gasteiger partial charge is 0.0888 e. The van der Waals surface area contributed by atoms with Crippen LogP contribution in [-0.4, -0.2) is 7.85 Å². The molecule has 0 saturated carbocycles. The second-order valence-corrected chi connectivity index (χ2v) is 5.29. The molecule has 0 aliphatic heterocycles. The van der Waals surface area contributed by atoms with Crippen molar-refractivity contribution >= 4 is 29.2 Å². The van der Waals surface area contributed by atoms with Gasteiger partial charge >= 0.3 is 0 Å². The number of hydrogen-bond acceptors (Lipinski definition) is 0. The minimum Gasteiger partial charge on any atom is -0.0888 e. The molecule has 1 radical (unpaired) electrons. The van der Waals surface area contributed by atoms with E-state index in [2.05, 4.69) is 68.8 Å². The molecule has 0 unspecified atom stereocenters. The zero-order valence-corrected chi connectivity index (χ0v) is 12.1. The highest BCUT2D eigenvalue weighted by Crippen LogP contribution is 2.31. The van der Waals surface area contributed by atoms with Gasteiger partial charge in [-0.05, 0) is 49.1 Å². The van der Waals surface area contributed by atoms with Crippen LogP contribution in [0.1, 0.15) is 16.7 Å². The van der Waals surface area contributed by atoms with Gasteiger partial charge in [-0.1, -0.05) is 51.2 Å². The lowest BCUT2D eigenvalue weighted by Gasteiger charge is -2.15. The Hall–Kier alpha value is -1.02. The van der Waals surface area contributed by atoms with Gasteiger partial charge in [0.05, 0.1) is 0 Å². The maximum Gasteiger partial charge on any atom is 0.129 e. The maximum atomic E-state index is 4.12. The van der Waals surface area contributed by atoms with Crippen molar-refractivity contribution < 1.29 is 0 Å². The second kappa shape index (κ2) is 4.69. The predicted octanol–water partition coefficient (Wildman–Crippen LogP) is 3.57. The Morgan fingerprint density at radius 2 is 1.53 bits per heavy atom. The van der Waals surface area contributed by atoms with Gasteiger partial charge in [0.1, 0.15) is 7.85 Å². The molecular formula is C15H15BBr. The monoisotopic (exact) mass is 285 g/mol. The third-order valence-corrected chi connectivity index (χ3v) is 4.18. The van der Waals surface area contributed by atoms with Crippen LogP contribution in [0.25, 0.3) is 11.1 Å². The highest BCUT2D eigenvalue weighted by atomic mass is 79.9. The normalized spacial score (nSPS) is 10.6. The lowest BCUT2D eigenvalue weighted by molar-refractivity contribution is 1.28. The van der Waals surface area contributed by atoms with Crippen molar-refractivity contribution in [3.05, 3.63) is 51.5 Å². The summed E-state index contributed by atoms with van der Waals surface area (Å²) in [5.41, 5.74) is 7.57. The summed E-state index contributed by atoms with van der Waals surface area (Å²) in [6, 6.07) is 10.5. The number of rotatable bonds is 1. The molecule has 0 atom stereocenters. The Kier molecular flexibility index (Phi) is 3.44. The summed E-state index contributed by atoms with van der Waals surface area (Å²) in [5.74, 6) is 0. The van der Waals surface area contributed by atoms with Crippen LogP contribution in [0.5, 0.6) is 0 Å². The molecule has 0 spiro atoms. The zero-order chi connectivity index (χ0) is 12.6. The molecule has 0 fully saturated rings. The van der Waals surface area contributed by atoms with Gasteiger partial charge < -0.3 is 0 Å². The van der Waals surface area contributed by atoms with Crippen molar-refractivity contribution in [3.8, 4) is 11.1 Å². The van der Waals surface area contributed by atoms with E-state index >= 15 is 0 Å². The molecule has 0 aliphatic rings. The van der Waals surface area contributed by atoms with Crippen LogP contribution in [0.4, 0.5) is 0 Å². The van der Waals surface area contributed by atoms with E-state index in [1.807, 2.05) is 6.07 Å². The molecule has 2 aromatic rings. The van der Waals surface area contributed by atoms with Crippen LogP contribution in [-0.2, 0) is 0 Å². The van der Waals surface area contributed by atoms with Gasteiger partial charge in [0.15, 0.2) is 0 Å². The molecule has 85 valence electrons. The minimum absolute atomic E-state index is 1.11. The Bertz CT molecular complexity index is 573. The molecule has 17 heavy (non-hydrogen) atoms. The van der Waals surface area contributed by atoms with E-state index in [0.29, 0.717) is 0 Å². The first-order valence-electron chi connectivity index (χ1n) is 5.70. The van der Waals surface area contributed by atoms with Gasteiger partial charge in [0.2, 0.25) is 0 Å². The highest BCUT2D eigenvalue weighted by molar-refractivity contribution is 9.10. The molecule has 0 N–H and O–H groups in total. The molecule has 0 amide bonds. The molecule has 0 aromatic heterocycles. The SMILES string of the molecule is [BH]c1cc(-c2ccccc2Br)c(C)c(C)c1C. The molecule has 0 saturated heterocycles. The first-order chi connectivity index (χ1) is 8.02. The Labute approximate surface area is 113 Å². The van der Waals surface area contributed by atoms with E-state index in [1.165, 1.54) is 27.8 Å². The van der Waals surface area contributed by atoms with E-state index in [0.717, 1.165) is 9.94 Å². The Morgan fingerprint density at radius 1 is 0.882 bits per heavy atom. The van der Waals surface area contributed by atoms with Crippen LogP contribution in [0, 0.1) is 20.8 Å². The van der Waals surface area contributed by atoms with Crippen molar-refractivity contribution in [1.82, 2.24) is 0 Å². The summed E-state index contributed by atoms with van der Waals surface area (Å²) >= 11 is 3.61. The van der Waals surface area contributed by atoms with Gasteiger partial charge in [-0.25, -0.2) is 0 Å². The van der Waals surface area contributed by atoms with Gasteiger partial charge in [0.25, 0.3) is 0 Å². The summed E-state index contributed by atoms with van der Waals surface area (Å²) in [7, 11) is 4.12. The van der Waals surface area contributed by atoms with E-state index in [9.17, 15) is 0 Å². The average Bonchev–Trinajstić information content (AvgIpc) is 2.32. The van der Waals surface area contributed by atoms with Crippen LogP contribution in [0.3, 0.4) is 0 Å². The molecule has 0 bridgehead atoms. The number of halogens is 1. The molecule has 2 heteroatoms. The van der Waals surface area contributed by atoms with Crippen molar-refractivity contribution in [2.24, 2.45) is 0 Å². The van der Waals surface area contributed by atoms with Gasteiger partial charge in [0, 0.05) is 4.47 Å². The molecule has 0 aliphatic carbocycles. The van der Waals surface area contributed by atoms with Crippen LogP contribution < -0.4 is 5.46 Å². The molecular weight excluding hydrogens is 271 g/mol. The van der Waals surface area contributed by atoms with Crippen molar-refractivity contribution in [2.75, 3.05) is 0 Å². The zero-order valence-electron chi connectivity index (χ0n) is 10.5. The predicted molar refractivity (Wildman–Crippen MR) is 80.6 cm³/mol. The molecule has 0 nitrogen and oxygen atoms in total. The van der Waals surface area contributed by atoms with Crippen LogP contribution in [0.15, 0.2) is 34.8 Å². The minimum atomic E-state index is 1.11.